The summed E-state index contributed by atoms with van der Waals surface area (Å²) in [7, 11) is 0. The monoisotopic (exact) mass is 474 g/mol. The number of carboxylic acid groups (broad SMARTS) is 3. The molecule has 1 heterocycles. The summed E-state index contributed by atoms with van der Waals surface area (Å²) < 4.78 is 0. The van der Waals surface area contributed by atoms with Gasteiger partial charge in [-0.05, 0) is 76.0 Å². The number of aryl methyl sites for hydroxylation is 1. The molecular formula is C26H38N2O6. The Morgan fingerprint density at radius 3 is 2.03 bits per heavy atom. The predicted octanol–water partition coefficient (Wildman–Crippen LogP) is 4.23. The molecule has 0 spiro atoms. The molecule has 1 saturated heterocycles. The van der Waals surface area contributed by atoms with Crippen molar-refractivity contribution >= 4 is 23.6 Å². The normalized spacial score (nSPS) is 19.4. The van der Waals surface area contributed by atoms with E-state index in [1.165, 1.54) is 5.56 Å². The molecule has 1 saturated carbocycles. The summed E-state index contributed by atoms with van der Waals surface area (Å²) in [6.07, 6.45) is 7.80. The van der Waals surface area contributed by atoms with Gasteiger partial charge in [0.25, 0.3) is 5.41 Å². The van der Waals surface area contributed by atoms with Gasteiger partial charge in [-0.2, -0.15) is 0 Å². The first kappa shape index (κ1) is 26.0. The van der Waals surface area contributed by atoms with Crippen LogP contribution in [0.5, 0.6) is 0 Å². The van der Waals surface area contributed by atoms with E-state index in [4.69, 9.17) is 0 Å². The Bertz CT molecular complexity index is 819. The summed E-state index contributed by atoms with van der Waals surface area (Å²) in [6, 6.07) is 8.87. The number of rotatable bonds is 11. The lowest BCUT2D eigenvalue weighted by Gasteiger charge is -2.41. The molecule has 0 unspecified atom stereocenters. The van der Waals surface area contributed by atoms with E-state index in [1.807, 2.05) is 0 Å². The van der Waals surface area contributed by atoms with E-state index < -0.39 is 23.3 Å². The fourth-order valence-electron chi connectivity index (χ4n) is 5.56. The van der Waals surface area contributed by atoms with Crippen LogP contribution in [0.15, 0.2) is 24.3 Å². The number of nitrogens with zero attached hydrogens (tertiary/aromatic N) is 1. The molecule has 0 radical (unpaired) electrons. The third-order valence-electron chi connectivity index (χ3n) is 8.01. The van der Waals surface area contributed by atoms with Crippen LogP contribution in [0.3, 0.4) is 0 Å². The molecule has 8 heteroatoms. The van der Waals surface area contributed by atoms with Crippen LogP contribution in [0.25, 0.3) is 0 Å². The summed E-state index contributed by atoms with van der Waals surface area (Å²) >= 11 is 0. The van der Waals surface area contributed by atoms with E-state index in [0.717, 1.165) is 76.7 Å². The number of benzene rings is 1. The molecule has 8 nitrogen and oxygen atoms in total. The molecule has 2 aliphatic rings. The first-order valence-corrected chi connectivity index (χ1v) is 12.4. The van der Waals surface area contributed by atoms with Gasteiger partial charge in [0.1, 0.15) is 0 Å². The predicted molar refractivity (Wildman–Crippen MR) is 129 cm³/mol. The minimum atomic E-state index is -2.77. The van der Waals surface area contributed by atoms with E-state index in [2.05, 4.69) is 41.4 Å². The van der Waals surface area contributed by atoms with E-state index >= 15 is 0 Å². The Morgan fingerprint density at radius 2 is 1.50 bits per heavy atom. The van der Waals surface area contributed by atoms with Gasteiger partial charge in [-0.3, -0.25) is 14.4 Å². The highest BCUT2D eigenvalue weighted by Gasteiger charge is 2.55. The molecule has 3 rings (SSSR count). The van der Waals surface area contributed by atoms with Crippen molar-refractivity contribution in [3.8, 4) is 0 Å². The second kappa shape index (κ2) is 11.2. The van der Waals surface area contributed by atoms with E-state index in [9.17, 15) is 29.7 Å². The van der Waals surface area contributed by atoms with Crippen LogP contribution in [-0.4, -0.2) is 63.8 Å². The van der Waals surface area contributed by atoms with Crippen molar-refractivity contribution in [2.45, 2.75) is 77.2 Å². The number of hydrogen-bond acceptors (Lipinski definition) is 5. The summed E-state index contributed by atoms with van der Waals surface area (Å²) in [5.74, 6) is -5.37. The molecule has 0 atom stereocenters. The topological polar surface area (TPSA) is 127 Å². The fraction of sp³-hybridized carbons (Fsp3) is 0.654. The van der Waals surface area contributed by atoms with Gasteiger partial charge in [-0.1, -0.05) is 37.0 Å². The van der Waals surface area contributed by atoms with Crippen LogP contribution in [-0.2, 0) is 14.4 Å². The van der Waals surface area contributed by atoms with Gasteiger partial charge in [0.05, 0.1) is 0 Å². The highest BCUT2D eigenvalue weighted by molar-refractivity contribution is 6.16. The van der Waals surface area contributed by atoms with Crippen molar-refractivity contribution in [1.29, 1.82) is 0 Å². The zero-order valence-electron chi connectivity index (χ0n) is 20.1. The Morgan fingerprint density at radius 1 is 0.941 bits per heavy atom. The van der Waals surface area contributed by atoms with Gasteiger partial charge in [-0.15, -0.1) is 0 Å². The van der Waals surface area contributed by atoms with Crippen molar-refractivity contribution in [1.82, 2.24) is 4.90 Å². The zero-order chi connectivity index (χ0) is 24.8. The molecular weight excluding hydrogens is 436 g/mol. The van der Waals surface area contributed by atoms with Crippen LogP contribution in [0, 0.1) is 17.8 Å². The van der Waals surface area contributed by atoms with Crippen molar-refractivity contribution in [3.63, 3.8) is 0 Å². The van der Waals surface area contributed by atoms with Gasteiger partial charge in [0.2, 0.25) is 0 Å². The molecule has 1 aromatic carbocycles. The van der Waals surface area contributed by atoms with Gasteiger partial charge in [0, 0.05) is 24.8 Å². The number of aliphatic carboxylic acids is 3. The maximum Gasteiger partial charge on any atom is 0.332 e. The zero-order valence-corrected chi connectivity index (χ0v) is 20.1. The van der Waals surface area contributed by atoms with Crippen LogP contribution in [0.1, 0.15) is 69.8 Å². The van der Waals surface area contributed by atoms with Gasteiger partial charge in [0.15, 0.2) is 0 Å². The fourth-order valence-corrected chi connectivity index (χ4v) is 5.56. The second-order valence-corrected chi connectivity index (χ2v) is 10.3. The Balaban J connectivity index is 1.56. The van der Waals surface area contributed by atoms with Crippen LogP contribution >= 0.6 is 0 Å². The molecule has 1 aliphatic carbocycles. The number of hydrogen-bond donors (Lipinski definition) is 4. The van der Waals surface area contributed by atoms with Gasteiger partial charge >= 0.3 is 17.9 Å². The van der Waals surface area contributed by atoms with Crippen molar-refractivity contribution in [3.05, 3.63) is 29.8 Å². The lowest BCUT2D eigenvalue weighted by molar-refractivity contribution is -0.176. The lowest BCUT2D eigenvalue weighted by atomic mass is 9.66. The average Bonchev–Trinajstić information content (AvgIpc) is 2.80. The first-order valence-electron chi connectivity index (χ1n) is 12.4. The third kappa shape index (κ3) is 6.09. The van der Waals surface area contributed by atoms with Crippen molar-refractivity contribution < 1.29 is 29.7 Å². The highest BCUT2D eigenvalue weighted by Crippen LogP contribution is 2.46. The molecule has 0 bridgehead atoms. The molecule has 188 valence electrons. The molecule has 1 aromatic rings. The van der Waals surface area contributed by atoms with Gasteiger partial charge in [-0.25, -0.2) is 0 Å². The minimum absolute atomic E-state index is 0.194. The second-order valence-electron chi connectivity index (χ2n) is 10.3. The number of carbonyl (C=O) groups is 3. The van der Waals surface area contributed by atoms with Crippen molar-refractivity contribution in [2.75, 3.05) is 25.0 Å². The van der Waals surface area contributed by atoms with E-state index in [1.54, 1.807) is 0 Å². The Hall–Kier alpha value is -2.61. The van der Waals surface area contributed by atoms with Crippen LogP contribution < -0.4 is 5.32 Å². The maximum atomic E-state index is 11.7. The molecule has 0 amide bonds. The Labute approximate surface area is 201 Å². The number of piperidine rings is 1. The number of nitrogens with one attached hydrogen (secondary N) is 1. The maximum absolute atomic E-state index is 11.7. The smallest absolute Gasteiger partial charge is 0.332 e. The Kier molecular flexibility index (Phi) is 8.57. The summed E-state index contributed by atoms with van der Waals surface area (Å²) in [5.41, 5.74) is -0.584. The summed E-state index contributed by atoms with van der Waals surface area (Å²) in [4.78, 5) is 37.5. The largest absolute Gasteiger partial charge is 0.480 e. The van der Waals surface area contributed by atoms with Crippen LogP contribution in [0.4, 0.5) is 5.69 Å². The first-order chi connectivity index (χ1) is 16.2. The highest BCUT2D eigenvalue weighted by atomic mass is 16.4. The van der Waals surface area contributed by atoms with Crippen LogP contribution in [0.2, 0.25) is 0 Å². The lowest BCUT2D eigenvalue weighted by Crippen LogP contribution is -2.47. The van der Waals surface area contributed by atoms with Crippen molar-refractivity contribution in [2.24, 2.45) is 10.8 Å². The van der Waals surface area contributed by atoms with E-state index in [-0.39, 0.29) is 11.8 Å². The molecule has 1 aliphatic heterocycles. The van der Waals surface area contributed by atoms with Gasteiger partial charge < -0.3 is 25.5 Å². The number of carboxylic acids is 3. The number of anilines is 1. The van der Waals surface area contributed by atoms with E-state index in [0.29, 0.717) is 12.5 Å². The molecule has 2 fully saturated rings. The summed E-state index contributed by atoms with van der Waals surface area (Å²) in [6.45, 7) is 4.90. The standard InChI is InChI=1S/C26H38N2O6/c1-19-5-7-20(8-6-19)27-21-9-16-28(17-10-21)18-15-25(11-3-2-4-12-25)13-14-26(22(29)30,23(31)32)24(33)34/h5-8,21,27H,2-4,9-18H2,1H3,(H,29,30)(H,31,32)(H,33,34). The quantitative estimate of drug-likeness (QED) is 0.351. The SMILES string of the molecule is Cc1ccc(NC2CCN(CCC3(CCC(C(=O)O)(C(=O)O)C(=O)O)CCCCC3)CC2)cc1. The molecule has 4 N–H and O–H groups in total. The molecule has 34 heavy (non-hydrogen) atoms. The third-order valence-corrected chi connectivity index (χ3v) is 8.01. The average molecular weight is 475 g/mol. The minimum Gasteiger partial charge on any atom is -0.480 e. The molecule has 0 aromatic heterocycles. The number of likely N-dealkylation sites (tertiary alicyclic amines) is 1. The summed E-state index contributed by atoms with van der Waals surface area (Å²) in [5, 5.41) is 32.1.